The third kappa shape index (κ3) is 3.38. The molecule has 8 nitrogen and oxygen atoms in total. The number of carbonyl (C=O) groups is 1. The summed E-state index contributed by atoms with van der Waals surface area (Å²) >= 11 is 0. The number of amides is 1. The molecule has 27 heavy (non-hydrogen) atoms. The third-order valence-corrected chi connectivity index (χ3v) is 6.07. The Labute approximate surface area is 159 Å². The van der Waals surface area contributed by atoms with Crippen molar-refractivity contribution in [3.8, 4) is 0 Å². The van der Waals surface area contributed by atoms with Gasteiger partial charge in [0.1, 0.15) is 17.7 Å². The fourth-order valence-electron chi connectivity index (χ4n) is 4.51. The van der Waals surface area contributed by atoms with Gasteiger partial charge >= 0.3 is 0 Å². The number of aromatic amines is 1. The number of nitrogens with zero attached hydrogens (tertiary/aromatic N) is 5. The molecule has 1 fully saturated rings. The van der Waals surface area contributed by atoms with Crippen LogP contribution in [0.1, 0.15) is 72.7 Å². The van der Waals surface area contributed by atoms with Crippen molar-refractivity contribution in [2.45, 2.75) is 70.9 Å². The molecule has 2 aromatic rings. The van der Waals surface area contributed by atoms with Gasteiger partial charge in [-0.25, -0.2) is 0 Å². The molecule has 2 aliphatic rings. The number of rotatable bonds is 3. The van der Waals surface area contributed by atoms with Crippen molar-refractivity contribution in [2.75, 3.05) is 13.1 Å². The predicted molar refractivity (Wildman–Crippen MR) is 101 cm³/mol. The summed E-state index contributed by atoms with van der Waals surface area (Å²) in [5.41, 5.74) is 8.77. The van der Waals surface area contributed by atoms with Crippen LogP contribution in [0.2, 0.25) is 0 Å². The van der Waals surface area contributed by atoms with E-state index in [2.05, 4.69) is 25.0 Å². The summed E-state index contributed by atoms with van der Waals surface area (Å²) in [6, 6.07) is -0.648. The van der Waals surface area contributed by atoms with Gasteiger partial charge in [-0.05, 0) is 39.5 Å². The van der Waals surface area contributed by atoms with Crippen molar-refractivity contribution in [3.63, 3.8) is 0 Å². The van der Waals surface area contributed by atoms with E-state index >= 15 is 0 Å². The van der Waals surface area contributed by atoms with Crippen LogP contribution in [0.3, 0.4) is 0 Å². The second-order valence-corrected chi connectivity index (χ2v) is 7.86. The normalized spacial score (nSPS) is 19.6. The average molecular weight is 371 g/mol. The quantitative estimate of drug-likeness (QED) is 0.855. The van der Waals surface area contributed by atoms with Crippen molar-refractivity contribution in [2.24, 2.45) is 5.73 Å². The Balaban J connectivity index is 1.42. The number of likely N-dealkylation sites (tertiary alicyclic amines) is 1. The molecular weight excluding hydrogens is 342 g/mol. The highest BCUT2D eigenvalue weighted by molar-refractivity contribution is 5.83. The molecule has 3 N–H and O–H groups in total. The minimum absolute atomic E-state index is 0.0128. The number of hydrogen-bond acceptors (Lipinski definition) is 5. The van der Waals surface area contributed by atoms with Gasteiger partial charge in [-0.1, -0.05) is 6.42 Å². The maximum Gasteiger partial charge on any atom is 0.244 e. The van der Waals surface area contributed by atoms with Crippen LogP contribution in [0.15, 0.2) is 0 Å². The number of carbonyl (C=O) groups excluding carboxylic acids is 1. The second kappa shape index (κ2) is 7.42. The zero-order valence-corrected chi connectivity index (χ0v) is 16.2. The lowest BCUT2D eigenvalue weighted by molar-refractivity contribution is -0.133. The zero-order chi connectivity index (χ0) is 19.0. The van der Waals surface area contributed by atoms with Gasteiger partial charge in [0.25, 0.3) is 0 Å². The van der Waals surface area contributed by atoms with E-state index in [-0.39, 0.29) is 5.91 Å². The first kappa shape index (κ1) is 18.2. The summed E-state index contributed by atoms with van der Waals surface area (Å²) in [7, 11) is 0. The van der Waals surface area contributed by atoms with Gasteiger partial charge < -0.3 is 15.2 Å². The highest BCUT2D eigenvalue weighted by Crippen LogP contribution is 2.30. The number of fused-ring (bicyclic) bond motifs is 1. The number of H-pyrrole nitrogens is 1. The SMILES string of the molecule is Cc1n[nH]c(C)c1[C@@H](N)C(=O)N1CCC(c2nnc3n2CCCCC3)CC1. The minimum Gasteiger partial charge on any atom is -0.341 e. The van der Waals surface area contributed by atoms with E-state index < -0.39 is 6.04 Å². The Morgan fingerprint density at radius 1 is 1.15 bits per heavy atom. The van der Waals surface area contributed by atoms with Gasteiger partial charge in [-0.15, -0.1) is 10.2 Å². The fraction of sp³-hybridized carbons (Fsp3) is 0.684. The number of aryl methyl sites for hydroxylation is 3. The monoisotopic (exact) mass is 371 g/mol. The van der Waals surface area contributed by atoms with Gasteiger partial charge in [0.15, 0.2) is 0 Å². The largest absolute Gasteiger partial charge is 0.341 e. The summed E-state index contributed by atoms with van der Waals surface area (Å²) in [5, 5.41) is 16.0. The minimum atomic E-state index is -0.648. The van der Waals surface area contributed by atoms with Crippen LogP contribution in [0.4, 0.5) is 0 Å². The van der Waals surface area contributed by atoms with Crippen molar-refractivity contribution < 1.29 is 4.79 Å². The number of nitrogens with two attached hydrogens (primary N) is 1. The highest BCUT2D eigenvalue weighted by atomic mass is 16.2. The maximum absolute atomic E-state index is 12.9. The molecule has 0 saturated carbocycles. The molecule has 1 amide bonds. The smallest absolute Gasteiger partial charge is 0.244 e. The fourth-order valence-corrected chi connectivity index (χ4v) is 4.51. The first-order chi connectivity index (χ1) is 13.1. The molecule has 0 unspecified atom stereocenters. The molecule has 2 aliphatic heterocycles. The molecule has 1 saturated heterocycles. The Hall–Kier alpha value is -2.22. The molecule has 8 heteroatoms. The van der Waals surface area contributed by atoms with Crippen LogP contribution < -0.4 is 5.73 Å². The molecule has 146 valence electrons. The van der Waals surface area contributed by atoms with Gasteiger partial charge in [-0.2, -0.15) is 5.10 Å². The van der Waals surface area contributed by atoms with Crippen LogP contribution in [-0.4, -0.2) is 48.9 Å². The van der Waals surface area contributed by atoms with E-state index in [1.807, 2.05) is 18.7 Å². The zero-order valence-electron chi connectivity index (χ0n) is 16.2. The Morgan fingerprint density at radius 2 is 1.93 bits per heavy atom. The Bertz CT molecular complexity index is 797. The summed E-state index contributed by atoms with van der Waals surface area (Å²) in [6.45, 7) is 6.26. The summed E-state index contributed by atoms with van der Waals surface area (Å²) < 4.78 is 2.33. The molecule has 4 heterocycles. The molecule has 2 aromatic heterocycles. The van der Waals surface area contributed by atoms with Gasteiger partial charge in [-0.3, -0.25) is 9.89 Å². The topological polar surface area (TPSA) is 106 Å². The van der Waals surface area contributed by atoms with E-state index in [0.29, 0.717) is 5.92 Å². The standard InChI is InChI=1S/C19H29N7O/c1-12-16(13(2)22-21-12)17(20)19(27)25-10-7-14(8-11-25)18-24-23-15-6-4-3-5-9-26(15)18/h14,17H,3-11,20H2,1-2H3,(H,21,22)/t17-/m1/s1. The molecule has 0 spiro atoms. The third-order valence-electron chi connectivity index (χ3n) is 6.07. The number of aromatic nitrogens is 5. The van der Waals surface area contributed by atoms with Gasteiger partial charge in [0.2, 0.25) is 5.91 Å². The molecule has 1 atom stereocenters. The van der Waals surface area contributed by atoms with Crippen LogP contribution >= 0.6 is 0 Å². The van der Waals surface area contributed by atoms with E-state index in [4.69, 9.17) is 5.73 Å². The van der Waals surface area contributed by atoms with Crippen LogP contribution in [0, 0.1) is 13.8 Å². The molecule has 0 radical (unpaired) electrons. The van der Waals surface area contributed by atoms with Crippen LogP contribution in [0.5, 0.6) is 0 Å². The van der Waals surface area contributed by atoms with Gasteiger partial charge in [0.05, 0.1) is 5.69 Å². The molecule has 0 aromatic carbocycles. The van der Waals surface area contributed by atoms with E-state index in [9.17, 15) is 4.79 Å². The Morgan fingerprint density at radius 3 is 2.63 bits per heavy atom. The van der Waals surface area contributed by atoms with Crippen molar-refractivity contribution >= 4 is 5.91 Å². The summed E-state index contributed by atoms with van der Waals surface area (Å²) in [4.78, 5) is 14.8. The number of piperidine rings is 1. The van der Waals surface area contributed by atoms with Crippen LogP contribution in [-0.2, 0) is 17.8 Å². The molecule has 4 rings (SSSR count). The lowest BCUT2D eigenvalue weighted by Crippen LogP contribution is -2.43. The number of hydrogen-bond donors (Lipinski definition) is 2. The first-order valence-corrected chi connectivity index (χ1v) is 10.0. The van der Waals surface area contributed by atoms with Crippen molar-refractivity contribution in [3.05, 3.63) is 28.6 Å². The lowest BCUT2D eigenvalue weighted by Gasteiger charge is -2.33. The molecular formula is C19H29N7O. The predicted octanol–water partition coefficient (Wildman–Crippen LogP) is 1.75. The van der Waals surface area contributed by atoms with Crippen molar-refractivity contribution in [1.82, 2.24) is 29.9 Å². The maximum atomic E-state index is 12.9. The summed E-state index contributed by atoms with van der Waals surface area (Å²) in [6.07, 6.45) is 6.53. The number of nitrogens with one attached hydrogen (secondary N) is 1. The van der Waals surface area contributed by atoms with Gasteiger partial charge in [0, 0.05) is 43.2 Å². The van der Waals surface area contributed by atoms with Crippen LogP contribution in [0.25, 0.3) is 0 Å². The Kier molecular flexibility index (Phi) is 4.99. The molecule has 0 aliphatic carbocycles. The van der Waals surface area contributed by atoms with Crippen molar-refractivity contribution in [1.29, 1.82) is 0 Å². The lowest BCUT2D eigenvalue weighted by atomic mass is 9.94. The highest BCUT2D eigenvalue weighted by Gasteiger charge is 2.32. The van der Waals surface area contributed by atoms with E-state index in [0.717, 1.165) is 67.5 Å². The second-order valence-electron chi connectivity index (χ2n) is 7.86. The van der Waals surface area contributed by atoms with E-state index in [1.54, 1.807) is 0 Å². The van der Waals surface area contributed by atoms with E-state index in [1.165, 1.54) is 19.3 Å². The summed E-state index contributed by atoms with van der Waals surface area (Å²) in [5.74, 6) is 2.61. The average Bonchev–Trinajstić information content (AvgIpc) is 3.14. The first-order valence-electron chi connectivity index (χ1n) is 10.0. The molecule has 0 bridgehead atoms.